The van der Waals surface area contributed by atoms with Crippen LogP contribution in [0.5, 0.6) is 0 Å². The van der Waals surface area contributed by atoms with Crippen LogP contribution >= 0.6 is 0 Å². The molecule has 90 valence electrons. The zero-order chi connectivity index (χ0) is 12.6. The standard InChI is InChI=1S/C14H18N2O/c1-14(2,15-3)13(17)11-9-16(4)12-8-6-5-7-10(11)12/h5-9,15H,1-4H3. The van der Waals surface area contributed by atoms with Gasteiger partial charge in [0.25, 0.3) is 0 Å². The van der Waals surface area contributed by atoms with Crippen molar-refractivity contribution in [3.63, 3.8) is 0 Å². The van der Waals surface area contributed by atoms with Crippen molar-refractivity contribution in [2.24, 2.45) is 7.05 Å². The molecule has 0 unspecified atom stereocenters. The minimum atomic E-state index is -0.538. The molecule has 0 aliphatic heterocycles. The number of carbonyl (C=O) groups excluding carboxylic acids is 1. The van der Waals surface area contributed by atoms with Crippen molar-refractivity contribution in [3.05, 3.63) is 36.0 Å². The normalized spacial score (nSPS) is 12.0. The maximum atomic E-state index is 12.4. The molecule has 17 heavy (non-hydrogen) atoms. The van der Waals surface area contributed by atoms with Crippen molar-refractivity contribution < 1.29 is 4.79 Å². The van der Waals surface area contributed by atoms with Crippen LogP contribution in [0.1, 0.15) is 24.2 Å². The Hall–Kier alpha value is -1.61. The second-order valence-electron chi connectivity index (χ2n) is 4.87. The number of carbonyl (C=O) groups is 1. The molecular formula is C14H18N2O. The molecule has 0 spiro atoms. The third-order valence-corrected chi connectivity index (χ3v) is 3.33. The van der Waals surface area contributed by atoms with E-state index in [2.05, 4.69) is 5.32 Å². The molecule has 0 saturated heterocycles. The number of likely N-dealkylation sites (N-methyl/N-ethyl adjacent to an activating group) is 1. The topological polar surface area (TPSA) is 34.0 Å². The number of fused-ring (bicyclic) bond motifs is 1. The lowest BCUT2D eigenvalue weighted by molar-refractivity contribution is 0.0891. The molecule has 2 rings (SSSR count). The molecule has 0 saturated carbocycles. The van der Waals surface area contributed by atoms with E-state index in [0.717, 1.165) is 16.5 Å². The number of nitrogens with one attached hydrogen (secondary N) is 1. The summed E-state index contributed by atoms with van der Waals surface area (Å²) in [4.78, 5) is 12.4. The van der Waals surface area contributed by atoms with Crippen molar-refractivity contribution in [1.29, 1.82) is 0 Å². The third kappa shape index (κ3) is 1.87. The number of Topliss-reactive ketones (excluding diaryl/α,β-unsaturated/α-hetero) is 1. The van der Waals surface area contributed by atoms with Crippen LogP contribution in [-0.2, 0) is 7.05 Å². The molecule has 0 aliphatic carbocycles. The van der Waals surface area contributed by atoms with Gasteiger partial charge in [-0.05, 0) is 27.0 Å². The number of aryl methyl sites for hydroxylation is 1. The Morgan fingerprint density at radius 2 is 1.94 bits per heavy atom. The summed E-state index contributed by atoms with van der Waals surface area (Å²) in [7, 11) is 3.77. The number of ketones is 1. The molecule has 0 radical (unpaired) electrons. The maximum Gasteiger partial charge on any atom is 0.184 e. The van der Waals surface area contributed by atoms with E-state index in [0.29, 0.717) is 0 Å². The number of nitrogens with zero attached hydrogens (tertiary/aromatic N) is 1. The average Bonchev–Trinajstić information content (AvgIpc) is 2.66. The fraction of sp³-hybridized carbons (Fsp3) is 0.357. The van der Waals surface area contributed by atoms with Crippen LogP contribution in [0.15, 0.2) is 30.5 Å². The van der Waals surface area contributed by atoms with Gasteiger partial charge in [-0.1, -0.05) is 18.2 Å². The van der Waals surface area contributed by atoms with Crippen LogP contribution in [0.2, 0.25) is 0 Å². The van der Waals surface area contributed by atoms with Crippen LogP contribution in [0.25, 0.3) is 10.9 Å². The summed E-state index contributed by atoms with van der Waals surface area (Å²) in [6, 6.07) is 7.97. The fourth-order valence-electron chi connectivity index (χ4n) is 1.97. The molecule has 0 amide bonds. The minimum Gasteiger partial charge on any atom is -0.350 e. The molecule has 3 nitrogen and oxygen atoms in total. The van der Waals surface area contributed by atoms with Crippen LogP contribution in [-0.4, -0.2) is 22.9 Å². The summed E-state index contributed by atoms with van der Waals surface area (Å²) in [5.41, 5.74) is 1.33. The van der Waals surface area contributed by atoms with Gasteiger partial charge in [-0.2, -0.15) is 0 Å². The number of hydrogen-bond acceptors (Lipinski definition) is 2. The fourth-order valence-corrected chi connectivity index (χ4v) is 1.97. The van der Waals surface area contributed by atoms with Crippen LogP contribution in [0.4, 0.5) is 0 Å². The quantitative estimate of drug-likeness (QED) is 0.821. The van der Waals surface area contributed by atoms with E-state index in [1.165, 1.54) is 0 Å². The number of para-hydroxylation sites is 1. The molecule has 1 aromatic heterocycles. The lowest BCUT2D eigenvalue weighted by atomic mass is 9.93. The third-order valence-electron chi connectivity index (χ3n) is 3.33. The molecular weight excluding hydrogens is 212 g/mol. The van der Waals surface area contributed by atoms with Gasteiger partial charge in [0.15, 0.2) is 5.78 Å². The first-order chi connectivity index (χ1) is 7.97. The first kappa shape index (κ1) is 11.9. The Balaban J connectivity index is 2.61. The van der Waals surface area contributed by atoms with E-state index in [1.807, 2.05) is 63.0 Å². The molecule has 1 N–H and O–H groups in total. The molecule has 3 heteroatoms. The first-order valence-electron chi connectivity index (χ1n) is 5.75. The molecule has 1 heterocycles. The molecule has 0 bridgehead atoms. The highest BCUT2D eigenvalue weighted by molar-refractivity contribution is 6.12. The molecule has 2 aromatic rings. The summed E-state index contributed by atoms with van der Waals surface area (Å²) < 4.78 is 1.99. The van der Waals surface area contributed by atoms with E-state index < -0.39 is 5.54 Å². The van der Waals surface area contributed by atoms with Crippen molar-refractivity contribution in [2.75, 3.05) is 7.05 Å². The van der Waals surface area contributed by atoms with E-state index >= 15 is 0 Å². The number of aromatic nitrogens is 1. The summed E-state index contributed by atoms with van der Waals surface area (Å²) in [6.45, 7) is 3.80. The van der Waals surface area contributed by atoms with Gasteiger partial charge < -0.3 is 9.88 Å². The van der Waals surface area contributed by atoms with Gasteiger partial charge in [0.1, 0.15) is 0 Å². The molecule has 0 fully saturated rings. The predicted octanol–water partition coefficient (Wildman–Crippen LogP) is 2.36. The lowest BCUT2D eigenvalue weighted by Crippen LogP contribution is -2.44. The van der Waals surface area contributed by atoms with Crippen molar-refractivity contribution in [1.82, 2.24) is 9.88 Å². The van der Waals surface area contributed by atoms with E-state index in [1.54, 1.807) is 0 Å². The number of hydrogen-bond donors (Lipinski definition) is 1. The highest BCUT2D eigenvalue weighted by Crippen LogP contribution is 2.24. The van der Waals surface area contributed by atoms with Crippen LogP contribution in [0, 0.1) is 0 Å². The Bertz CT molecular complexity index is 567. The van der Waals surface area contributed by atoms with Gasteiger partial charge in [-0.15, -0.1) is 0 Å². The maximum absolute atomic E-state index is 12.4. The SMILES string of the molecule is CNC(C)(C)C(=O)c1cn(C)c2ccccc12. The van der Waals surface area contributed by atoms with Gasteiger partial charge in [0.05, 0.1) is 5.54 Å². The van der Waals surface area contributed by atoms with Gasteiger partial charge >= 0.3 is 0 Å². The average molecular weight is 230 g/mol. The lowest BCUT2D eigenvalue weighted by Gasteiger charge is -2.21. The summed E-state index contributed by atoms with van der Waals surface area (Å²) >= 11 is 0. The molecule has 0 atom stereocenters. The van der Waals surface area contributed by atoms with Crippen molar-refractivity contribution in [2.45, 2.75) is 19.4 Å². The van der Waals surface area contributed by atoms with Crippen LogP contribution < -0.4 is 5.32 Å². The van der Waals surface area contributed by atoms with Crippen LogP contribution in [0.3, 0.4) is 0 Å². The summed E-state index contributed by atoms with van der Waals surface area (Å²) in [5.74, 6) is 0.122. The largest absolute Gasteiger partial charge is 0.350 e. The Morgan fingerprint density at radius 3 is 2.59 bits per heavy atom. The first-order valence-corrected chi connectivity index (χ1v) is 5.75. The van der Waals surface area contributed by atoms with E-state index in [9.17, 15) is 4.79 Å². The highest BCUT2D eigenvalue weighted by Gasteiger charge is 2.28. The second-order valence-corrected chi connectivity index (χ2v) is 4.87. The van der Waals surface area contributed by atoms with Crippen molar-refractivity contribution >= 4 is 16.7 Å². The van der Waals surface area contributed by atoms with Gasteiger partial charge in [0, 0.05) is 29.7 Å². The Labute approximate surface area is 101 Å². The van der Waals surface area contributed by atoms with E-state index in [-0.39, 0.29) is 5.78 Å². The van der Waals surface area contributed by atoms with Gasteiger partial charge in [-0.3, -0.25) is 4.79 Å². The monoisotopic (exact) mass is 230 g/mol. The van der Waals surface area contributed by atoms with Gasteiger partial charge in [0.2, 0.25) is 0 Å². The Morgan fingerprint density at radius 1 is 1.29 bits per heavy atom. The predicted molar refractivity (Wildman–Crippen MR) is 70.4 cm³/mol. The summed E-state index contributed by atoms with van der Waals surface area (Å²) in [6.07, 6.45) is 1.91. The zero-order valence-electron chi connectivity index (χ0n) is 10.7. The molecule has 1 aromatic carbocycles. The van der Waals surface area contributed by atoms with Gasteiger partial charge in [-0.25, -0.2) is 0 Å². The van der Waals surface area contributed by atoms with E-state index in [4.69, 9.17) is 0 Å². The number of benzene rings is 1. The minimum absolute atomic E-state index is 0.122. The zero-order valence-corrected chi connectivity index (χ0v) is 10.7. The smallest absolute Gasteiger partial charge is 0.184 e. The Kier molecular flexibility index (Phi) is 2.79. The second kappa shape index (κ2) is 4.00. The van der Waals surface area contributed by atoms with Crippen molar-refractivity contribution in [3.8, 4) is 0 Å². The highest BCUT2D eigenvalue weighted by atomic mass is 16.1. The molecule has 0 aliphatic rings. The summed E-state index contributed by atoms with van der Waals surface area (Å²) in [5, 5.41) is 4.07. The number of rotatable bonds is 3.